The number of rotatable bonds is 10. The molecule has 0 unspecified atom stereocenters. The molecule has 1 fully saturated rings. The van der Waals surface area contributed by atoms with E-state index in [1.54, 1.807) is 0 Å². The number of urea groups is 1. The van der Waals surface area contributed by atoms with Crippen molar-refractivity contribution < 1.29 is 9.90 Å². The zero-order valence-electron chi connectivity index (χ0n) is 24.2. The predicted octanol–water partition coefficient (Wildman–Crippen LogP) is 7.06. The van der Waals surface area contributed by atoms with E-state index in [1.165, 1.54) is 16.3 Å². The van der Waals surface area contributed by atoms with E-state index < -0.39 is 11.6 Å². The van der Waals surface area contributed by atoms with Crippen LogP contribution in [0.5, 0.6) is 0 Å². The lowest BCUT2D eigenvalue weighted by Crippen LogP contribution is -2.54. The van der Waals surface area contributed by atoms with Crippen molar-refractivity contribution in [2.24, 2.45) is 5.92 Å². The van der Waals surface area contributed by atoms with E-state index in [4.69, 9.17) is 0 Å². The molecule has 5 rings (SSSR count). The second kappa shape index (κ2) is 13.3. The highest BCUT2D eigenvalue weighted by Crippen LogP contribution is 2.33. The summed E-state index contributed by atoms with van der Waals surface area (Å²) in [7, 11) is 0. The number of hydrogen-bond acceptors (Lipinski definition) is 3. The first-order valence-corrected chi connectivity index (χ1v) is 15.1. The van der Waals surface area contributed by atoms with E-state index in [0.29, 0.717) is 12.0 Å². The number of carbonyl (C=O) groups excluding carboxylic acids is 1. The Balaban J connectivity index is 1.09. The number of amides is 2. The number of nitrogens with one attached hydrogen (secondary N) is 3. The van der Waals surface area contributed by atoms with Gasteiger partial charge in [-0.25, -0.2) is 4.79 Å². The first-order chi connectivity index (χ1) is 19.9. The van der Waals surface area contributed by atoms with Crippen molar-refractivity contribution in [2.45, 2.75) is 69.7 Å². The first kappa shape index (κ1) is 28.8. The molecule has 0 spiro atoms. The molecule has 0 saturated heterocycles. The van der Waals surface area contributed by atoms with Gasteiger partial charge in [-0.15, -0.1) is 0 Å². The van der Waals surface area contributed by atoms with Crippen LogP contribution in [0.3, 0.4) is 0 Å². The Morgan fingerprint density at radius 2 is 1.39 bits per heavy atom. The van der Waals surface area contributed by atoms with E-state index >= 15 is 0 Å². The second-order valence-corrected chi connectivity index (χ2v) is 11.6. The second-order valence-electron chi connectivity index (χ2n) is 11.6. The monoisotopic (exact) mass is 549 g/mol. The van der Waals surface area contributed by atoms with Gasteiger partial charge in [0.25, 0.3) is 0 Å². The quantitative estimate of drug-likeness (QED) is 0.171. The zero-order chi connectivity index (χ0) is 28.7. The van der Waals surface area contributed by atoms with Gasteiger partial charge in [0.15, 0.2) is 0 Å². The van der Waals surface area contributed by atoms with Gasteiger partial charge in [-0.05, 0) is 85.9 Å². The molecule has 4 aromatic rings. The third-order valence-corrected chi connectivity index (χ3v) is 8.88. The lowest BCUT2D eigenvalue weighted by Gasteiger charge is -2.36. The molecule has 2 atom stereocenters. The van der Waals surface area contributed by atoms with Crippen molar-refractivity contribution in [1.29, 1.82) is 0 Å². The topological polar surface area (TPSA) is 73.4 Å². The Morgan fingerprint density at radius 1 is 0.805 bits per heavy atom. The molecule has 1 aliphatic carbocycles. The third-order valence-electron chi connectivity index (χ3n) is 8.88. The van der Waals surface area contributed by atoms with Crippen LogP contribution in [-0.2, 0) is 5.60 Å². The van der Waals surface area contributed by atoms with Gasteiger partial charge in [-0.2, -0.15) is 0 Å². The third kappa shape index (κ3) is 6.80. The molecule has 0 radical (unpaired) electrons. The summed E-state index contributed by atoms with van der Waals surface area (Å²) in [6.07, 6.45) is 5.33. The molecule has 0 aliphatic heterocycles. The predicted molar refractivity (Wildman–Crippen MR) is 168 cm³/mol. The van der Waals surface area contributed by atoms with Crippen LogP contribution in [0.25, 0.3) is 10.8 Å². The smallest absolute Gasteiger partial charge is 0.315 e. The molecule has 0 aromatic heterocycles. The SMILES string of the molecule is C[C@H](NCC[C@H]1CC[C@H](NC(=O)N[C@H](C)C(O)(c2ccccc2)c2ccccc2)CC1)c1cccc2ccccc12. The van der Waals surface area contributed by atoms with Crippen LogP contribution < -0.4 is 16.0 Å². The average molecular weight is 550 g/mol. The molecule has 41 heavy (non-hydrogen) atoms. The van der Waals surface area contributed by atoms with Gasteiger partial charge >= 0.3 is 6.03 Å². The highest BCUT2D eigenvalue weighted by atomic mass is 16.3. The maximum atomic E-state index is 13.0. The average Bonchev–Trinajstić information content (AvgIpc) is 3.02. The van der Waals surface area contributed by atoms with Crippen LogP contribution in [0, 0.1) is 5.92 Å². The van der Waals surface area contributed by atoms with Gasteiger partial charge < -0.3 is 21.1 Å². The Bertz CT molecular complexity index is 1360. The molecule has 1 saturated carbocycles. The fourth-order valence-corrected chi connectivity index (χ4v) is 6.42. The van der Waals surface area contributed by atoms with Crippen molar-refractivity contribution in [3.8, 4) is 0 Å². The van der Waals surface area contributed by atoms with Gasteiger partial charge in [0, 0.05) is 12.1 Å². The summed E-state index contributed by atoms with van der Waals surface area (Å²) in [6.45, 7) is 5.10. The summed E-state index contributed by atoms with van der Waals surface area (Å²) < 4.78 is 0. The summed E-state index contributed by atoms with van der Waals surface area (Å²) >= 11 is 0. The molecule has 214 valence electrons. The van der Waals surface area contributed by atoms with Crippen LogP contribution in [0.2, 0.25) is 0 Å². The number of aliphatic hydroxyl groups is 1. The summed E-state index contributed by atoms with van der Waals surface area (Å²) in [5.41, 5.74) is 1.52. The summed E-state index contributed by atoms with van der Waals surface area (Å²) in [5, 5.41) is 24.5. The first-order valence-electron chi connectivity index (χ1n) is 15.1. The highest BCUT2D eigenvalue weighted by molar-refractivity contribution is 5.86. The van der Waals surface area contributed by atoms with Gasteiger partial charge in [0.05, 0.1) is 6.04 Å². The van der Waals surface area contributed by atoms with Crippen molar-refractivity contribution in [2.75, 3.05) is 6.54 Å². The molecule has 1 aliphatic rings. The number of fused-ring (bicyclic) bond motifs is 1. The molecular formula is C36H43N3O2. The minimum atomic E-state index is -1.34. The van der Waals surface area contributed by atoms with E-state index in [0.717, 1.165) is 49.8 Å². The molecule has 0 bridgehead atoms. The molecule has 5 nitrogen and oxygen atoms in total. The molecule has 4 aromatic carbocycles. The van der Waals surface area contributed by atoms with Crippen LogP contribution in [0.15, 0.2) is 103 Å². The Hall–Kier alpha value is -3.67. The molecule has 0 heterocycles. The van der Waals surface area contributed by atoms with Gasteiger partial charge in [-0.3, -0.25) is 0 Å². The Morgan fingerprint density at radius 3 is 2.05 bits per heavy atom. The fraction of sp³-hybridized carbons (Fsp3) is 0.361. The van der Waals surface area contributed by atoms with E-state index in [2.05, 4.69) is 65.3 Å². The maximum Gasteiger partial charge on any atom is 0.315 e. The van der Waals surface area contributed by atoms with Gasteiger partial charge in [0.1, 0.15) is 5.60 Å². The van der Waals surface area contributed by atoms with Crippen LogP contribution in [-0.4, -0.2) is 29.8 Å². The zero-order valence-corrected chi connectivity index (χ0v) is 24.2. The van der Waals surface area contributed by atoms with Gasteiger partial charge in [0.2, 0.25) is 0 Å². The lowest BCUT2D eigenvalue weighted by molar-refractivity contribution is 0.0470. The van der Waals surface area contributed by atoms with Crippen molar-refractivity contribution >= 4 is 16.8 Å². The largest absolute Gasteiger partial charge is 0.378 e. The van der Waals surface area contributed by atoms with Crippen molar-refractivity contribution in [3.63, 3.8) is 0 Å². The lowest BCUT2D eigenvalue weighted by atomic mass is 9.81. The summed E-state index contributed by atoms with van der Waals surface area (Å²) in [6, 6.07) is 33.9. The van der Waals surface area contributed by atoms with Crippen molar-refractivity contribution in [1.82, 2.24) is 16.0 Å². The standard InChI is InChI=1S/C36H43N3O2/c1-26(33-19-11-13-29-12-9-10-18-34(29)33)37-25-24-28-20-22-32(23-21-28)39-35(40)38-27(2)36(41,30-14-5-3-6-15-30)31-16-7-4-8-17-31/h3-19,26-28,32,37,41H,20-25H2,1-2H3,(H2,38,39,40)/t26-,27+,28-,32-/m0/s1. The molecular weight excluding hydrogens is 506 g/mol. The summed E-state index contributed by atoms with van der Waals surface area (Å²) in [4.78, 5) is 13.0. The fourth-order valence-electron chi connectivity index (χ4n) is 6.42. The number of carbonyl (C=O) groups is 1. The minimum Gasteiger partial charge on any atom is -0.378 e. The van der Waals surface area contributed by atoms with Crippen LogP contribution in [0.4, 0.5) is 4.79 Å². The summed E-state index contributed by atoms with van der Waals surface area (Å²) in [5.74, 6) is 0.670. The van der Waals surface area contributed by atoms with Gasteiger partial charge in [-0.1, -0.05) is 103 Å². The minimum absolute atomic E-state index is 0.155. The molecule has 4 N–H and O–H groups in total. The van der Waals surface area contributed by atoms with Crippen LogP contribution in [0.1, 0.15) is 68.7 Å². The maximum absolute atomic E-state index is 13.0. The van der Waals surface area contributed by atoms with Crippen molar-refractivity contribution in [3.05, 3.63) is 120 Å². The van der Waals surface area contributed by atoms with E-state index in [1.807, 2.05) is 67.6 Å². The van der Waals surface area contributed by atoms with E-state index in [-0.39, 0.29) is 12.1 Å². The highest BCUT2D eigenvalue weighted by Gasteiger charge is 2.38. The number of benzene rings is 4. The molecule has 5 heteroatoms. The number of hydrogen-bond donors (Lipinski definition) is 4. The van der Waals surface area contributed by atoms with E-state index in [9.17, 15) is 9.90 Å². The van der Waals surface area contributed by atoms with Crippen LogP contribution >= 0.6 is 0 Å². The molecule has 2 amide bonds. The Kier molecular flexibility index (Phi) is 9.38. The normalized spacial score (nSPS) is 18.9. The Labute approximate surface area is 244 Å².